The minimum atomic E-state index is -0.876. The van der Waals surface area contributed by atoms with Crippen LogP contribution >= 0.6 is 12.4 Å². The van der Waals surface area contributed by atoms with E-state index < -0.39 is 17.5 Å². The van der Waals surface area contributed by atoms with Crippen LogP contribution in [-0.2, 0) is 4.79 Å². The highest BCUT2D eigenvalue weighted by atomic mass is 35.5. The molecule has 2 amide bonds. The number of benzene rings is 1. The topological polar surface area (TPSA) is 66.6 Å². The third kappa shape index (κ3) is 4.42. The van der Waals surface area contributed by atoms with Crippen molar-refractivity contribution in [3.8, 4) is 0 Å². The Bertz CT molecular complexity index is 605. The first-order valence-corrected chi connectivity index (χ1v) is 7.60. The first-order chi connectivity index (χ1) is 10.8. The Kier molecular flexibility index (Phi) is 7.10. The molecule has 0 saturated carbocycles. The highest BCUT2D eigenvalue weighted by Crippen LogP contribution is 2.15. The van der Waals surface area contributed by atoms with Gasteiger partial charge in [-0.3, -0.25) is 9.59 Å². The monoisotopic (exact) mass is 361 g/mol. The highest BCUT2D eigenvalue weighted by molar-refractivity contribution is 5.94. The largest absolute Gasteiger partial charge is 0.339 e. The van der Waals surface area contributed by atoms with Crippen molar-refractivity contribution in [3.05, 3.63) is 35.4 Å². The van der Waals surface area contributed by atoms with Crippen LogP contribution < -0.4 is 5.73 Å². The van der Waals surface area contributed by atoms with Crippen LogP contribution in [0.25, 0.3) is 0 Å². The van der Waals surface area contributed by atoms with Crippen molar-refractivity contribution >= 4 is 24.2 Å². The third-order valence-corrected chi connectivity index (χ3v) is 4.22. The van der Waals surface area contributed by atoms with Crippen molar-refractivity contribution in [2.24, 2.45) is 11.7 Å². The summed E-state index contributed by atoms with van der Waals surface area (Å²) in [4.78, 5) is 27.6. The Morgan fingerprint density at radius 1 is 1.08 bits per heavy atom. The van der Waals surface area contributed by atoms with E-state index in [1.54, 1.807) is 18.7 Å². The molecule has 134 valence electrons. The van der Waals surface area contributed by atoms with Crippen molar-refractivity contribution in [2.45, 2.75) is 19.9 Å². The van der Waals surface area contributed by atoms with E-state index in [0.717, 1.165) is 12.1 Å². The molecule has 8 heteroatoms. The van der Waals surface area contributed by atoms with Crippen molar-refractivity contribution in [2.75, 3.05) is 26.2 Å². The van der Waals surface area contributed by atoms with E-state index in [0.29, 0.717) is 32.2 Å². The Morgan fingerprint density at radius 3 is 2.12 bits per heavy atom. The number of rotatable bonds is 3. The van der Waals surface area contributed by atoms with Crippen LogP contribution in [0, 0.1) is 17.6 Å². The van der Waals surface area contributed by atoms with Gasteiger partial charge in [0, 0.05) is 38.3 Å². The summed E-state index contributed by atoms with van der Waals surface area (Å²) in [7, 11) is 0. The SMILES string of the molecule is CC(N)C(C)C(=O)N1CCN(C(=O)c2ccc(F)cc2F)CC1.Cl. The summed E-state index contributed by atoms with van der Waals surface area (Å²) in [5.41, 5.74) is 5.58. The minimum absolute atomic E-state index is 0. The molecule has 1 fully saturated rings. The van der Waals surface area contributed by atoms with Crippen LogP contribution in [0.15, 0.2) is 18.2 Å². The van der Waals surface area contributed by atoms with E-state index in [4.69, 9.17) is 5.73 Å². The number of amides is 2. The number of piperazine rings is 1. The third-order valence-electron chi connectivity index (χ3n) is 4.22. The molecule has 2 N–H and O–H groups in total. The standard InChI is InChI=1S/C16H21F2N3O2.ClH/c1-10(11(2)19)15(22)20-5-7-21(8-6-20)16(23)13-4-3-12(17)9-14(13)18;/h3-4,9-11H,5-8,19H2,1-2H3;1H. The van der Waals surface area contributed by atoms with Gasteiger partial charge in [-0.25, -0.2) is 8.78 Å². The molecule has 1 aromatic carbocycles. The van der Waals surface area contributed by atoms with Crippen LogP contribution in [0.1, 0.15) is 24.2 Å². The average molecular weight is 362 g/mol. The van der Waals surface area contributed by atoms with E-state index in [1.807, 2.05) is 0 Å². The van der Waals surface area contributed by atoms with Crippen molar-refractivity contribution in [3.63, 3.8) is 0 Å². The number of carbonyl (C=O) groups excluding carboxylic acids is 2. The number of carbonyl (C=O) groups is 2. The lowest BCUT2D eigenvalue weighted by atomic mass is 10.0. The molecular formula is C16H22ClF2N3O2. The quantitative estimate of drug-likeness (QED) is 0.890. The normalized spacial score (nSPS) is 17.0. The second-order valence-corrected chi connectivity index (χ2v) is 5.89. The molecule has 5 nitrogen and oxygen atoms in total. The Morgan fingerprint density at radius 2 is 1.62 bits per heavy atom. The van der Waals surface area contributed by atoms with E-state index in [2.05, 4.69) is 0 Å². The van der Waals surface area contributed by atoms with Gasteiger partial charge in [0.2, 0.25) is 5.91 Å². The van der Waals surface area contributed by atoms with Crippen molar-refractivity contribution in [1.29, 1.82) is 0 Å². The Balaban J connectivity index is 0.00000288. The summed E-state index contributed by atoms with van der Waals surface area (Å²) in [5.74, 6) is -2.42. The van der Waals surface area contributed by atoms with Gasteiger partial charge in [-0.1, -0.05) is 6.92 Å². The maximum absolute atomic E-state index is 13.7. The molecule has 1 heterocycles. The molecule has 0 aliphatic carbocycles. The van der Waals surface area contributed by atoms with Gasteiger partial charge in [-0.2, -0.15) is 0 Å². The average Bonchev–Trinajstić information content (AvgIpc) is 2.53. The second kappa shape index (κ2) is 8.39. The minimum Gasteiger partial charge on any atom is -0.339 e. The fraction of sp³-hybridized carbons (Fsp3) is 0.500. The highest BCUT2D eigenvalue weighted by Gasteiger charge is 2.29. The molecule has 0 aromatic heterocycles. The molecule has 1 aliphatic rings. The van der Waals surface area contributed by atoms with Gasteiger partial charge in [0.05, 0.1) is 11.5 Å². The summed E-state index contributed by atoms with van der Waals surface area (Å²) in [6.07, 6.45) is 0. The Hall–Kier alpha value is -1.73. The molecule has 2 atom stereocenters. The Labute approximate surface area is 146 Å². The molecule has 2 rings (SSSR count). The molecular weight excluding hydrogens is 340 g/mol. The van der Waals surface area contributed by atoms with E-state index in [-0.39, 0.29) is 35.8 Å². The van der Waals surface area contributed by atoms with Gasteiger partial charge in [0.15, 0.2) is 0 Å². The zero-order chi connectivity index (χ0) is 17.1. The molecule has 1 aliphatic heterocycles. The van der Waals surface area contributed by atoms with Crippen LogP contribution in [0.4, 0.5) is 8.78 Å². The number of nitrogens with two attached hydrogens (primary N) is 1. The maximum atomic E-state index is 13.7. The van der Waals surface area contributed by atoms with E-state index in [1.165, 1.54) is 4.90 Å². The molecule has 1 aromatic rings. The van der Waals surface area contributed by atoms with Crippen molar-refractivity contribution in [1.82, 2.24) is 9.80 Å². The fourth-order valence-corrected chi connectivity index (χ4v) is 2.48. The molecule has 0 bridgehead atoms. The predicted octanol–water partition coefficient (Wildman–Crippen LogP) is 1.65. The van der Waals surface area contributed by atoms with E-state index in [9.17, 15) is 18.4 Å². The fourth-order valence-electron chi connectivity index (χ4n) is 2.48. The number of hydrogen-bond donors (Lipinski definition) is 1. The molecule has 0 spiro atoms. The predicted molar refractivity (Wildman–Crippen MR) is 88.9 cm³/mol. The molecule has 0 radical (unpaired) electrons. The van der Waals surface area contributed by atoms with Gasteiger partial charge in [-0.05, 0) is 19.1 Å². The van der Waals surface area contributed by atoms with Gasteiger partial charge >= 0.3 is 0 Å². The molecule has 2 unspecified atom stereocenters. The van der Waals surface area contributed by atoms with Crippen LogP contribution in [0.5, 0.6) is 0 Å². The maximum Gasteiger partial charge on any atom is 0.256 e. The first kappa shape index (κ1) is 20.3. The second-order valence-electron chi connectivity index (χ2n) is 5.89. The summed E-state index contributed by atoms with van der Waals surface area (Å²) in [6, 6.07) is 2.65. The smallest absolute Gasteiger partial charge is 0.256 e. The lowest BCUT2D eigenvalue weighted by Crippen LogP contribution is -2.53. The summed E-state index contributed by atoms with van der Waals surface area (Å²) in [5, 5.41) is 0. The van der Waals surface area contributed by atoms with Gasteiger partial charge in [-0.15, -0.1) is 12.4 Å². The zero-order valence-electron chi connectivity index (χ0n) is 13.7. The lowest BCUT2D eigenvalue weighted by molar-refractivity contribution is -0.137. The zero-order valence-corrected chi connectivity index (χ0v) is 14.5. The van der Waals surface area contributed by atoms with Crippen molar-refractivity contribution < 1.29 is 18.4 Å². The summed E-state index contributed by atoms with van der Waals surface area (Å²) < 4.78 is 26.6. The van der Waals surface area contributed by atoms with Crippen LogP contribution in [0.2, 0.25) is 0 Å². The lowest BCUT2D eigenvalue weighted by Gasteiger charge is -2.36. The van der Waals surface area contributed by atoms with E-state index >= 15 is 0 Å². The van der Waals surface area contributed by atoms with Crippen LogP contribution in [0.3, 0.4) is 0 Å². The number of halogens is 3. The summed E-state index contributed by atoms with van der Waals surface area (Å²) in [6.45, 7) is 4.94. The first-order valence-electron chi connectivity index (χ1n) is 7.60. The van der Waals surface area contributed by atoms with Crippen LogP contribution in [-0.4, -0.2) is 53.8 Å². The van der Waals surface area contributed by atoms with Gasteiger partial charge in [0.1, 0.15) is 11.6 Å². The molecule has 24 heavy (non-hydrogen) atoms. The van der Waals surface area contributed by atoms with Gasteiger partial charge in [0.25, 0.3) is 5.91 Å². The number of nitrogens with zero attached hydrogens (tertiary/aromatic N) is 2. The van der Waals surface area contributed by atoms with Gasteiger partial charge < -0.3 is 15.5 Å². The molecule has 1 saturated heterocycles. The number of hydrogen-bond acceptors (Lipinski definition) is 3. The summed E-state index contributed by atoms with van der Waals surface area (Å²) >= 11 is 0.